The second-order valence-corrected chi connectivity index (χ2v) is 10.4. The first-order chi connectivity index (χ1) is 14.8. The molecule has 7 nitrogen and oxygen atoms in total. The van der Waals surface area contributed by atoms with Crippen LogP contribution in [0.25, 0.3) is 0 Å². The summed E-state index contributed by atoms with van der Waals surface area (Å²) in [5, 5.41) is 12.0. The summed E-state index contributed by atoms with van der Waals surface area (Å²) in [6.45, 7) is 0.454. The van der Waals surface area contributed by atoms with Crippen molar-refractivity contribution in [3.8, 4) is 0 Å². The highest BCUT2D eigenvalue weighted by atomic mass is 35.5. The van der Waals surface area contributed by atoms with Crippen LogP contribution in [0.15, 0.2) is 53.4 Å². The number of rotatable bonds is 5. The number of anilines is 1. The fourth-order valence-corrected chi connectivity index (χ4v) is 6.04. The first kappa shape index (κ1) is 21.8. The number of benzene rings is 2. The summed E-state index contributed by atoms with van der Waals surface area (Å²) in [7, 11) is -3.96. The number of carbonyl (C=O) groups excluding carboxylic acids is 1. The highest BCUT2D eigenvalue weighted by Crippen LogP contribution is 2.32. The molecule has 4 rings (SSSR count). The summed E-state index contributed by atoms with van der Waals surface area (Å²) in [5.74, 6) is -1.42. The van der Waals surface area contributed by atoms with Gasteiger partial charge in [-0.25, -0.2) is 12.8 Å². The van der Waals surface area contributed by atoms with E-state index in [2.05, 4.69) is 15.5 Å². The first-order valence-corrected chi connectivity index (χ1v) is 12.1. The minimum absolute atomic E-state index is 0.154. The Bertz CT molecular complexity index is 1220. The third-order valence-electron chi connectivity index (χ3n) is 4.91. The SMILES string of the molecule is O=C(Nc1cccc(Cl)c1)c1nnc(C2CCCN(S(=O)(=O)c3ccccc3F)C2)s1. The van der Waals surface area contributed by atoms with E-state index in [0.29, 0.717) is 35.1 Å². The quantitative estimate of drug-likeness (QED) is 0.592. The molecule has 1 amide bonds. The molecule has 1 aliphatic rings. The van der Waals surface area contributed by atoms with Crippen LogP contribution < -0.4 is 5.32 Å². The van der Waals surface area contributed by atoms with Gasteiger partial charge in [0.25, 0.3) is 5.91 Å². The van der Waals surface area contributed by atoms with Gasteiger partial charge in [-0.1, -0.05) is 41.1 Å². The van der Waals surface area contributed by atoms with Crippen molar-refractivity contribution in [3.05, 3.63) is 69.4 Å². The zero-order valence-electron chi connectivity index (χ0n) is 16.2. The van der Waals surface area contributed by atoms with Crippen molar-refractivity contribution in [3.63, 3.8) is 0 Å². The monoisotopic (exact) mass is 480 g/mol. The summed E-state index contributed by atoms with van der Waals surface area (Å²) < 4.78 is 41.2. The van der Waals surface area contributed by atoms with Gasteiger partial charge in [-0.05, 0) is 43.2 Å². The predicted octanol–water partition coefficient (Wildman–Crippen LogP) is 4.15. The second kappa shape index (κ2) is 8.99. The van der Waals surface area contributed by atoms with Crippen LogP contribution in [0.2, 0.25) is 5.02 Å². The lowest BCUT2D eigenvalue weighted by Gasteiger charge is -2.30. The summed E-state index contributed by atoms with van der Waals surface area (Å²) >= 11 is 7.05. The Hall–Kier alpha value is -2.40. The van der Waals surface area contributed by atoms with Crippen molar-refractivity contribution in [2.75, 3.05) is 18.4 Å². The normalized spacial score (nSPS) is 17.4. The van der Waals surface area contributed by atoms with Gasteiger partial charge in [0.2, 0.25) is 15.0 Å². The maximum absolute atomic E-state index is 14.1. The van der Waals surface area contributed by atoms with E-state index in [9.17, 15) is 17.6 Å². The van der Waals surface area contributed by atoms with Crippen LogP contribution in [0.1, 0.15) is 33.6 Å². The number of hydrogen-bond acceptors (Lipinski definition) is 6. The molecule has 0 bridgehead atoms. The van der Waals surface area contributed by atoms with Crippen molar-refractivity contribution in [1.82, 2.24) is 14.5 Å². The van der Waals surface area contributed by atoms with Crippen LogP contribution >= 0.6 is 22.9 Å². The zero-order chi connectivity index (χ0) is 22.0. The lowest BCUT2D eigenvalue weighted by atomic mass is 10.0. The van der Waals surface area contributed by atoms with Gasteiger partial charge in [0.15, 0.2) is 0 Å². The van der Waals surface area contributed by atoms with E-state index in [-0.39, 0.29) is 22.4 Å². The number of halogens is 2. The van der Waals surface area contributed by atoms with Gasteiger partial charge >= 0.3 is 0 Å². The predicted molar refractivity (Wildman–Crippen MR) is 116 cm³/mol. The largest absolute Gasteiger partial charge is 0.320 e. The summed E-state index contributed by atoms with van der Waals surface area (Å²) in [5.41, 5.74) is 0.536. The lowest BCUT2D eigenvalue weighted by molar-refractivity contribution is 0.102. The summed E-state index contributed by atoms with van der Waals surface area (Å²) in [6.07, 6.45) is 1.30. The maximum Gasteiger partial charge on any atom is 0.286 e. The molecule has 1 saturated heterocycles. The number of carbonyl (C=O) groups is 1. The van der Waals surface area contributed by atoms with Gasteiger partial charge in [0, 0.05) is 29.7 Å². The number of sulfonamides is 1. The number of piperidine rings is 1. The Kier molecular flexibility index (Phi) is 6.33. The molecule has 3 aromatic rings. The number of amides is 1. The molecular formula is C20H18ClFN4O3S2. The van der Waals surface area contributed by atoms with Gasteiger partial charge in [-0.3, -0.25) is 4.79 Å². The van der Waals surface area contributed by atoms with Gasteiger partial charge in [-0.15, -0.1) is 10.2 Å². The third kappa shape index (κ3) is 4.77. The van der Waals surface area contributed by atoms with Crippen LogP contribution in [0.5, 0.6) is 0 Å². The molecule has 31 heavy (non-hydrogen) atoms. The molecule has 0 radical (unpaired) electrons. The fourth-order valence-electron chi connectivity index (χ4n) is 3.40. The zero-order valence-corrected chi connectivity index (χ0v) is 18.6. The number of nitrogens with zero attached hydrogens (tertiary/aromatic N) is 3. The van der Waals surface area contributed by atoms with Crippen LogP contribution in [-0.4, -0.2) is 41.9 Å². The highest BCUT2D eigenvalue weighted by molar-refractivity contribution is 7.89. The van der Waals surface area contributed by atoms with Crippen LogP contribution in [0.3, 0.4) is 0 Å². The summed E-state index contributed by atoms with van der Waals surface area (Å²) in [6, 6.07) is 12.1. The maximum atomic E-state index is 14.1. The van der Waals surface area contributed by atoms with E-state index < -0.39 is 21.7 Å². The highest BCUT2D eigenvalue weighted by Gasteiger charge is 2.34. The van der Waals surface area contributed by atoms with E-state index in [1.165, 1.54) is 22.5 Å². The average Bonchev–Trinajstić information content (AvgIpc) is 3.25. The summed E-state index contributed by atoms with van der Waals surface area (Å²) in [4.78, 5) is 12.1. The van der Waals surface area contributed by atoms with E-state index >= 15 is 0 Å². The molecule has 1 N–H and O–H groups in total. The van der Waals surface area contributed by atoms with Gasteiger partial charge in [0.05, 0.1) is 0 Å². The second-order valence-electron chi connectivity index (χ2n) is 7.04. The molecule has 2 heterocycles. The minimum Gasteiger partial charge on any atom is -0.320 e. The smallest absolute Gasteiger partial charge is 0.286 e. The Labute approximate surface area is 187 Å². The number of nitrogens with one attached hydrogen (secondary N) is 1. The fraction of sp³-hybridized carbons (Fsp3) is 0.250. The van der Waals surface area contributed by atoms with E-state index in [1.807, 2.05) is 0 Å². The number of hydrogen-bond donors (Lipinski definition) is 1. The van der Waals surface area contributed by atoms with Crippen molar-refractivity contribution < 1.29 is 17.6 Å². The van der Waals surface area contributed by atoms with Gasteiger partial charge in [0.1, 0.15) is 15.7 Å². The Morgan fingerprint density at radius 1 is 1.19 bits per heavy atom. The van der Waals surface area contributed by atoms with Crippen molar-refractivity contribution in [1.29, 1.82) is 0 Å². The topological polar surface area (TPSA) is 92.3 Å². The average molecular weight is 481 g/mol. The van der Waals surface area contributed by atoms with Gasteiger partial charge in [-0.2, -0.15) is 4.31 Å². The van der Waals surface area contributed by atoms with Crippen molar-refractivity contribution in [2.24, 2.45) is 0 Å². The van der Waals surface area contributed by atoms with Crippen LogP contribution in [0, 0.1) is 5.82 Å². The van der Waals surface area contributed by atoms with Crippen LogP contribution in [0.4, 0.5) is 10.1 Å². The first-order valence-electron chi connectivity index (χ1n) is 9.49. The molecule has 1 atom stereocenters. The Balaban J connectivity index is 1.49. The third-order valence-corrected chi connectivity index (χ3v) is 8.12. The molecule has 1 fully saturated rings. The molecule has 11 heteroatoms. The van der Waals surface area contributed by atoms with E-state index in [4.69, 9.17) is 11.6 Å². The van der Waals surface area contributed by atoms with E-state index in [0.717, 1.165) is 17.4 Å². The molecule has 0 spiro atoms. The molecule has 162 valence electrons. The molecular weight excluding hydrogens is 463 g/mol. The standard InChI is InChI=1S/C20H18ClFN4O3S2/c21-14-6-3-7-15(11-14)23-18(27)20-25-24-19(30-20)13-5-4-10-26(12-13)31(28,29)17-9-2-1-8-16(17)22/h1-3,6-9,11,13H,4-5,10,12H2,(H,23,27). The van der Waals surface area contributed by atoms with Crippen molar-refractivity contribution in [2.45, 2.75) is 23.7 Å². The minimum atomic E-state index is -3.96. The molecule has 1 unspecified atom stereocenters. The van der Waals surface area contributed by atoms with E-state index in [1.54, 1.807) is 24.3 Å². The number of aromatic nitrogens is 2. The Morgan fingerprint density at radius 2 is 2.00 bits per heavy atom. The van der Waals surface area contributed by atoms with Gasteiger partial charge < -0.3 is 5.32 Å². The molecule has 0 aliphatic carbocycles. The lowest BCUT2D eigenvalue weighted by Crippen LogP contribution is -2.39. The molecule has 0 saturated carbocycles. The van der Waals surface area contributed by atoms with Crippen molar-refractivity contribution >= 4 is 44.6 Å². The Morgan fingerprint density at radius 3 is 2.77 bits per heavy atom. The van der Waals surface area contributed by atoms with Crippen LogP contribution in [-0.2, 0) is 10.0 Å². The molecule has 2 aromatic carbocycles. The molecule has 1 aromatic heterocycles. The molecule has 1 aliphatic heterocycles.